The number of alkyl halides is 3. The first kappa shape index (κ1) is 13.5. The van der Waals surface area contributed by atoms with Gasteiger partial charge in [-0.05, 0) is 25.5 Å². The van der Waals surface area contributed by atoms with Gasteiger partial charge in [-0.2, -0.15) is 13.2 Å². The van der Waals surface area contributed by atoms with E-state index < -0.39 is 23.1 Å². The number of carbonyl (C=O) groups excluding carboxylic acids is 1. The van der Waals surface area contributed by atoms with Crippen LogP contribution in [0.15, 0.2) is 24.3 Å². The fraction of sp³-hybridized carbons (Fsp3) is 0.417. The maximum Gasteiger partial charge on any atom is 0.416 e. The predicted octanol–water partition coefficient (Wildman–Crippen LogP) is 3.16. The second-order valence-electron chi connectivity index (χ2n) is 4.20. The molecule has 0 unspecified atom stereocenters. The van der Waals surface area contributed by atoms with Gasteiger partial charge in [0.1, 0.15) is 0 Å². The molecule has 5 heteroatoms. The van der Waals surface area contributed by atoms with Gasteiger partial charge in [0.05, 0.1) is 18.1 Å². The molecule has 1 aromatic rings. The Kier molecular flexibility index (Phi) is 3.50. The third-order valence-corrected chi connectivity index (χ3v) is 2.61. The van der Waals surface area contributed by atoms with Crippen LogP contribution in [-0.4, -0.2) is 13.1 Å². The molecule has 94 valence electrons. The first-order chi connectivity index (χ1) is 7.69. The summed E-state index contributed by atoms with van der Waals surface area (Å²) in [5.41, 5.74) is -1.60. The van der Waals surface area contributed by atoms with Crippen LogP contribution >= 0.6 is 0 Å². The van der Waals surface area contributed by atoms with Crippen molar-refractivity contribution >= 4 is 5.97 Å². The number of hydrogen-bond acceptors (Lipinski definition) is 2. The van der Waals surface area contributed by atoms with Crippen molar-refractivity contribution in [2.75, 3.05) is 7.11 Å². The number of hydrogen-bond donors (Lipinski definition) is 0. The quantitative estimate of drug-likeness (QED) is 0.749. The molecule has 0 heterocycles. The molecule has 0 bridgehead atoms. The number of esters is 1. The topological polar surface area (TPSA) is 26.3 Å². The fourth-order valence-electron chi connectivity index (χ4n) is 1.46. The van der Waals surface area contributed by atoms with Crippen LogP contribution in [0.4, 0.5) is 13.2 Å². The second kappa shape index (κ2) is 4.39. The highest BCUT2D eigenvalue weighted by Gasteiger charge is 2.35. The van der Waals surface area contributed by atoms with Crippen molar-refractivity contribution in [3.8, 4) is 0 Å². The Hall–Kier alpha value is -1.52. The van der Waals surface area contributed by atoms with Crippen molar-refractivity contribution in [3.63, 3.8) is 0 Å². The third-order valence-electron chi connectivity index (χ3n) is 2.61. The molecule has 0 fully saturated rings. The molecule has 0 saturated heterocycles. The highest BCUT2D eigenvalue weighted by atomic mass is 19.4. The summed E-state index contributed by atoms with van der Waals surface area (Å²) in [6.07, 6.45) is -4.41. The number of methoxy groups -OCH3 is 1. The molecule has 0 radical (unpaired) electrons. The minimum absolute atomic E-state index is 0.277. The van der Waals surface area contributed by atoms with E-state index in [4.69, 9.17) is 0 Å². The van der Waals surface area contributed by atoms with Crippen molar-refractivity contribution in [2.45, 2.75) is 25.4 Å². The molecule has 1 rings (SSSR count). The maximum absolute atomic E-state index is 12.5. The summed E-state index contributed by atoms with van der Waals surface area (Å²) >= 11 is 0. The zero-order chi connectivity index (χ0) is 13.3. The van der Waals surface area contributed by atoms with E-state index >= 15 is 0 Å². The molecule has 2 nitrogen and oxygen atoms in total. The van der Waals surface area contributed by atoms with E-state index in [9.17, 15) is 18.0 Å². The summed E-state index contributed by atoms with van der Waals surface area (Å²) in [6, 6.07) is 4.70. The second-order valence-corrected chi connectivity index (χ2v) is 4.20. The average molecular weight is 246 g/mol. The van der Waals surface area contributed by atoms with Crippen LogP contribution in [0, 0.1) is 0 Å². The number of rotatable bonds is 2. The van der Waals surface area contributed by atoms with Gasteiger partial charge in [-0.1, -0.05) is 18.2 Å². The van der Waals surface area contributed by atoms with Crippen LogP contribution in [0.2, 0.25) is 0 Å². The molecule has 0 aromatic heterocycles. The molecule has 0 aliphatic carbocycles. The molecular formula is C12H13F3O2. The lowest BCUT2D eigenvalue weighted by Crippen LogP contribution is -2.30. The zero-order valence-electron chi connectivity index (χ0n) is 9.76. The van der Waals surface area contributed by atoms with E-state index in [0.29, 0.717) is 0 Å². The van der Waals surface area contributed by atoms with Gasteiger partial charge in [0.25, 0.3) is 0 Å². The van der Waals surface area contributed by atoms with Crippen LogP contribution in [0.25, 0.3) is 0 Å². The third kappa shape index (κ3) is 2.78. The molecule has 0 aliphatic rings. The summed E-state index contributed by atoms with van der Waals surface area (Å²) in [4.78, 5) is 11.5. The Morgan fingerprint density at radius 2 is 1.71 bits per heavy atom. The van der Waals surface area contributed by atoms with Gasteiger partial charge in [0.15, 0.2) is 0 Å². The number of ether oxygens (including phenoxy) is 1. The first-order valence-electron chi connectivity index (χ1n) is 4.95. The van der Waals surface area contributed by atoms with Crippen molar-refractivity contribution in [1.29, 1.82) is 0 Å². The summed E-state index contributed by atoms with van der Waals surface area (Å²) < 4.78 is 42.1. The molecule has 0 saturated carbocycles. The van der Waals surface area contributed by atoms with Crippen LogP contribution in [0.5, 0.6) is 0 Å². The largest absolute Gasteiger partial charge is 0.468 e. The Bertz CT molecular complexity index is 422. The van der Waals surface area contributed by atoms with Gasteiger partial charge in [-0.15, -0.1) is 0 Å². The molecule has 0 N–H and O–H groups in total. The summed E-state index contributed by atoms with van der Waals surface area (Å²) in [6.45, 7) is 3.04. The standard InChI is InChI=1S/C12H13F3O2/c1-11(2,10(16)17-3)8-5-4-6-9(7-8)12(13,14)15/h4-7H,1-3H3. The van der Waals surface area contributed by atoms with E-state index in [2.05, 4.69) is 4.74 Å². The van der Waals surface area contributed by atoms with Gasteiger partial charge in [-0.3, -0.25) is 4.79 Å². The van der Waals surface area contributed by atoms with E-state index in [1.807, 2.05) is 0 Å². The van der Waals surface area contributed by atoms with Gasteiger partial charge < -0.3 is 4.74 Å². The number of carbonyl (C=O) groups is 1. The van der Waals surface area contributed by atoms with E-state index in [1.54, 1.807) is 0 Å². The van der Waals surface area contributed by atoms with Crippen molar-refractivity contribution < 1.29 is 22.7 Å². The lowest BCUT2D eigenvalue weighted by Gasteiger charge is -2.22. The minimum Gasteiger partial charge on any atom is -0.468 e. The zero-order valence-corrected chi connectivity index (χ0v) is 9.76. The predicted molar refractivity (Wildman–Crippen MR) is 56.5 cm³/mol. The fourth-order valence-corrected chi connectivity index (χ4v) is 1.46. The molecular weight excluding hydrogens is 233 g/mol. The molecule has 0 aliphatic heterocycles. The Balaban J connectivity index is 3.20. The van der Waals surface area contributed by atoms with Gasteiger partial charge in [0, 0.05) is 0 Å². The van der Waals surface area contributed by atoms with E-state index in [1.165, 1.54) is 33.1 Å². The van der Waals surface area contributed by atoms with Gasteiger partial charge in [0.2, 0.25) is 0 Å². The highest BCUT2D eigenvalue weighted by Crippen LogP contribution is 2.33. The normalized spacial score (nSPS) is 12.4. The van der Waals surface area contributed by atoms with Crippen LogP contribution in [0.3, 0.4) is 0 Å². The Morgan fingerprint density at radius 3 is 2.18 bits per heavy atom. The van der Waals surface area contributed by atoms with E-state index in [-0.39, 0.29) is 5.56 Å². The molecule has 0 spiro atoms. The van der Waals surface area contributed by atoms with Crippen LogP contribution in [0.1, 0.15) is 25.0 Å². The van der Waals surface area contributed by atoms with Gasteiger partial charge in [-0.25, -0.2) is 0 Å². The summed E-state index contributed by atoms with van der Waals surface area (Å²) in [5.74, 6) is -0.572. The van der Waals surface area contributed by atoms with Crippen molar-refractivity contribution in [2.24, 2.45) is 0 Å². The highest BCUT2D eigenvalue weighted by molar-refractivity contribution is 5.82. The molecule has 0 atom stereocenters. The Labute approximate surface area is 97.4 Å². The number of halogens is 3. The maximum atomic E-state index is 12.5. The molecule has 1 aromatic carbocycles. The lowest BCUT2D eigenvalue weighted by molar-refractivity contribution is -0.146. The van der Waals surface area contributed by atoms with Crippen molar-refractivity contribution in [3.05, 3.63) is 35.4 Å². The Morgan fingerprint density at radius 1 is 1.18 bits per heavy atom. The smallest absolute Gasteiger partial charge is 0.416 e. The van der Waals surface area contributed by atoms with Crippen LogP contribution < -0.4 is 0 Å². The van der Waals surface area contributed by atoms with E-state index in [0.717, 1.165) is 12.1 Å². The minimum atomic E-state index is -4.41. The molecule has 17 heavy (non-hydrogen) atoms. The SMILES string of the molecule is COC(=O)C(C)(C)c1cccc(C(F)(F)F)c1. The first-order valence-corrected chi connectivity index (χ1v) is 4.95. The van der Waals surface area contributed by atoms with Crippen molar-refractivity contribution in [1.82, 2.24) is 0 Å². The molecule has 0 amide bonds. The summed E-state index contributed by atoms with van der Waals surface area (Å²) in [5, 5.41) is 0. The number of benzene rings is 1. The van der Waals surface area contributed by atoms with Crippen LogP contribution in [-0.2, 0) is 21.1 Å². The lowest BCUT2D eigenvalue weighted by atomic mass is 9.84. The van der Waals surface area contributed by atoms with Gasteiger partial charge >= 0.3 is 12.1 Å². The monoisotopic (exact) mass is 246 g/mol. The average Bonchev–Trinajstić information content (AvgIpc) is 2.27. The summed E-state index contributed by atoms with van der Waals surface area (Å²) in [7, 11) is 1.21.